The lowest BCUT2D eigenvalue weighted by molar-refractivity contribution is -0.136. The second-order valence-corrected chi connectivity index (χ2v) is 8.42. The summed E-state index contributed by atoms with van der Waals surface area (Å²) < 4.78 is 7.53. The summed E-state index contributed by atoms with van der Waals surface area (Å²) in [6, 6.07) is 12.3. The third-order valence-corrected chi connectivity index (χ3v) is 6.37. The number of hydrogen-bond acceptors (Lipinski definition) is 4. The maximum atomic E-state index is 13.2. The van der Waals surface area contributed by atoms with Gasteiger partial charge in [-0.25, -0.2) is 0 Å². The van der Waals surface area contributed by atoms with E-state index in [4.69, 9.17) is 4.74 Å². The van der Waals surface area contributed by atoms with Crippen molar-refractivity contribution in [2.75, 3.05) is 59.0 Å². The van der Waals surface area contributed by atoms with Crippen LogP contribution in [0.4, 0.5) is 0 Å². The molecule has 1 aromatic carbocycles. The number of morpholine rings is 1. The highest BCUT2D eigenvalue weighted by Gasteiger charge is 2.27. The Labute approximate surface area is 184 Å². The zero-order valence-electron chi connectivity index (χ0n) is 18.5. The number of benzene rings is 1. The zero-order chi connectivity index (χ0) is 21.8. The highest BCUT2D eigenvalue weighted by Crippen LogP contribution is 2.20. The Kier molecular flexibility index (Phi) is 6.73. The summed E-state index contributed by atoms with van der Waals surface area (Å²) in [5, 5.41) is 0. The number of aromatic nitrogens is 1. The van der Waals surface area contributed by atoms with Gasteiger partial charge in [-0.3, -0.25) is 14.5 Å². The highest BCUT2D eigenvalue weighted by molar-refractivity contribution is 5.95. The van der Waals surface area contributed by atoms with Crippen molar-refractivity contribution in [1.29, 1.82) is 0 Å². The Morgan fingerprint density at radius 2 is 1.58 bits per heavy atom. The van der Waals surface area contributed by atoms with E-state index in [1.54, 1.807) is 0 Å². The first-order valence-electron chi connectivity index (χ1n) is 11.1. The molecule has 2 aliphatic heterocycles. The average molecular weight is 425 g/mol. The van der Waals surface area contributed by atoms with Crippen LogP contribution in [-0.2, 0) is 16.1 Å². The van der Waals surface area contributed by atoms with Crippen LogP contribution in [0.2, 0.25) is 0 Å². The summed E-state index contributed by atoms with van der Waals surface area (Å²) in [5.41, 5.74) is 4.11. The summed E-state index contributed by atoms with van der Waals surface area (Å²) in [5.74, 6) is 0.249. The van der Waals surface area contributed by atoms with E-state index in [1.165, 1.54) is 5.56 Å². The quantitative estimate of drug-likeness (QED) is 0.734. The van der Waals surface area contributed by atoms with Gasteiger partial charge in [-0.15, -0.1) is 0 Å². The minimum atomic E-state index is 0.0894. The number of carbonyl (C=O) groups excluding carboxylic acids is 2. The van der Waals surface area contributed by atoms with Gasteiger partial charge in [-0.1, -0.05) is 30.3 Å². The zero-order valence-corrected chi connectivity index (χ0v) is 18.5. The lowest BCUT2D eigenvalue weighted by atomic mass is 10.2. The second-order valence-electron chi connectivity index (χ2n) is 8.42. The number of carbonyl (C=O) groups is 2. The topological polar surface area (TPSA) is 58.0 Å². The van der Waals surface area contributed by atoms with Gasteiger partial charge in [0.25, 0.3) is 5.91 Å². The van der Waals surface area contributed by atoms with E-state index in [9.17, 15) is 9.59 Å². The molecular formula is C24H32N4O3. The SMILES string of the molecule is Cc1cc(C(=O)N2CCN(CC(=O)N3CCOCC3)CC2)c(C)n1Cc1ccccc1. The Morgan fingerprint density at radius 1 is 0.903 bits per heavy atom. The van der Waals surface area contributed by atoms with Crippen LogP contribution in [0.25, 0.3) is 0 Å². The predicted molar refractivity (Wildman–Crippen MR) is 119 cm³/mol. The maximum Gasteiger partial charge on any atom is 0.255 e. The van der Waals surface area contributed by atoms with E-state index in [0.717, 1.165) is 36.6 Å². The number of nitrogens with zero attached hydrogens (tertiary/aromatic N) is 4. The van der Waals surface area contributed by atoms with Crippen molar-refractivity contribution < 1.29 is 14.3 Å². The van der Waals surface area contributed by atoms with E-state index >= 15 is 0 Å². The van der Waals surface area contributed by atoms with E-state index in [-0.39, 0.29) is 11.8 Å². The van der Waals surface area contributed by atoms with Crippen molar-refractivity contribution in [3.8, 4) is 0 Å². The smallest absolute Gasteiger partial charge is 0.255 e. The van der Waals surface area contributed by atoms with Crippen LogP contribution in [0.15, 0.2) is 36.4 Å². The summed E-state index contributed by atoms with van der Waals surface area (Å²) in [6.45, 7) is 10.6. The summed E-state index contributed by atoms with van der Waals surface area (Å²) in [6.07, 6.45) is 0. The molecule has 166 valence electrons. The van der Waals surface area contributed by atoms with Crippen molar-refractivity contribution >= 4 is 11.8 Å². The Bertz CT molecular complexity index is 910. The molecule has 2 fully saturated rings. The Hall–Kier alpha value is -2.64. The molecule has 0 saturated carbocycles. The maximum absolute atomic E-state index is 13.2. The van der Waals surface area contributed by atoms with Gasteiger partial charge in [0.1, 0.15) is 0 Å². The monoisotopic (exact) mass is 424 g/mol. The standard InChI is InChI=1S/C24H32N4O3/c1-19-16-22(20(2)28(19)17-21-6-4-3-5-7-21)24(30)27-10-8-25(9-11-27)18-23(29)26-12-14-31-15-13-26/h3-7,16H,8-15,17-18H2,1-2H3. The van der Waals surface area contributed by atoms with Crippen LogP contribution < -0.4 is 0 Å². The summed E-state index contributed by atoms with van der Waals surface area (Å²) >= 11 is 0. The third kappa shape index (κ3) is 4.99. The van der Waals surface area contributed by atoms with Crippen LogP contribution in [-0.4, -0.2) is 90.1 Å². The van der Waals surface area contributed by atoms with Crippen LogP contribution in [0.1, 0.15) is 27.3 Å². The summed E-state index contributed by atoms with van der Waals surface area (Å²) in [4.78, 5) is 31.7. The first kappa shape index (κ1) is 21.6. The van der Waals surface area contributed by atoms with Gasteiger partial charge in [0.05, 0.1) is 25.3 Å². The van der Waals surface area contributed by atoms with Crippen molar-refractivity contribution in [2.45, 2.75) is 20.4 Å². The molecule has 0 spiro atoms. The minimum Gasteiger partial charge on any atom is -0.378 e. The van der Waals surface area contributed by atoms with Crippen molar-refractivity contribution in [1.82, 2.24) is 19.3 Å². The lowest BCUT2D eigenvalue weighted by Gasteiger charge is -2.36. The number of ether oxygens (including phenoxy) is 1. The fourth-order valence-corrected chi connectivity index (χ4v) is 4.41. The molecule has 0 atom stereocenters. The Morgan fingerprint density at radius 3 is 2.26 bits per heavy atom. The molecule has 0 bridgehead atoms. The first-order chi connectivity index (χ1) is 15.0. The van der Waals surface area contributed by atoms with Gasteiger partial charge in [-0.2, -0.15) is 0 Å². The third-order valence-electron chi connectivity index (χ3n) is 6.37. The van der Waals surface area contributed by atoms with Gasteiger partial charge >= 0.3 is 0 Å². The number of rotatable bonds is 5. The normalized spacial score (nSPS) is 17.7. The van der Waals surface area contributed by atoms with Gasteiger partial charge in [0, 0.05) is 57.2 Å². The molecule has 7 heteroatoms. The molecule has 0 N–H and O–H groups in total. The van der Waals surface area contributed by atoms with Crippen LogP contribution >= 0.6 is 0 Å². The number of piperazine rings is 1. The first-order valence-corrected chi connectivity index (χ1v) is 11.1. The molecule has 2 amide bonds. The van der Waals surface area contributed by atoms with E-state index in [2.05, 4.69) is 28.5 Å². The molecule has 3 heterocycles. The van der Waals surface area contributed by atoms with Gasteiger partial charge in [0.15, 0.2) is 0 Å². The van der Waals surface area contributed by atoms with Gasteiger partial charge < -0.3 is 19.1 Å². The molecule has 1 aromatic heterocycles. The molecule has 2 aliphatic rings. The van der Waals surface area contributed by atoms with Crippen molar-refractivity contribution in [3.05, 3.63) is 58.9 Å². The Balaban J connectivity index is 1.34. The molecule has 2 saturated heterocycles. The van der Waals surface area contributed by atoms with Crippen LogP contribution in [0.3, 0.4) is 0 Å². The molecule has 2 aromatic rings. The number of aryl methyl sites for hydroxylation is 1. The number of amides is 2. The predicted octanol–water partition coefficient (Wildman–Crippen LogP) is 1.77. The summed E-state index contributed by atoms with van der Waals surface area (Å²) in [7, 11) is 0. The van der Waals surface area contributed by atoms with Gasteiger partial charge in [-0.05, 0) is 25.5 Å². The second kappa shape index (κ2) is 9.66. The average Bonchev–Trinajstić information content (AvgIpc) is 3.08. The fraction of sp³-hybridized carbons (Fsp3) is 0.500. The number of hydrogen-bond donors (Lipinski definition) is 0. The molecule has 7 nitrogen and oxygen atoms in total. The van der Waals surface area contributed by atoms with Crippen LogP contribution in [0, 0.1) is 13.8 Å². The van der Waals surface area contributed by atoms with E-state index < -0.39 is 0 Å². The highest BCUT2D eigenvalue weighted by atomic mass is 16.5. The largest absolute Gasteiger partial charge is 0.378 e. The lowest BCUT2D eigenvalue weighted by Crippen LogP contribution is -2.52. The molecule has 0 aliphatic carbocycles. The fourth-order valence-electron chi connectivity index (χ4n) is 4.41. The molecular weight excluding hydrogens is 392 g/mol. The molecule has 4 rings (SSSR count). The molecule has 0 radical (unpaired) electrons. The molecule has 31 heavy (non-hydrogen) atoms. The van der Waals surface area contributed by atoms with Crippen LogP contribution in [0.5, 0.6) is 0 Å². The van der Waals surface area contributed by atoms with Crippen molar-refractivity contribution in [3.63, 3.8) is 0 Å². The van der Waals surface area contributed by atoms with Crippen molar-refractivity contribution in [2.24, 2.45) is 0 Å². The van der Waals surface area contributed by atoms with E-state index in [1.807, 2.05) is 41.0 Å². The van der Waals surface area contributed by atoms with E-state index in [0.29, 0.717) is 45.9 Å². The minimum absolute atomic E-state index is 0.0894. The molecule has 0 unspecified atom stereocenters. The van der Waals surface area contributed by atoms with Gasteiger partial charge in [0.2, 0.25) is 5.91 Å².